The number of nitrogens with zero attached hydrogens (tertiary/aromatic N) is 2. The van der Waals surface area contributed by atoms with Crippen LogP contribution in [0.25, 0.3) is 0 Å². The van der Waals surface area contributed by atoms with E-state index in [1.807, 2.05) is 0 Å². The van der Waals surface area contributed by atoms with Gasteiger partial charge in [-0.3, -0.25) is 9.59 Å². The third kappa shape index (κ3) is 4.83. The molecule has 136 valence electrons. The first kappa shape index (κ1) is 19.9. The van der Waals surface area contributed by atoms with E-state index in [4.69, 9.17) is 11.6 Å². The number of amides is 1. The van der Waals surface area contributed by atoms with E-state index in [0.717, 1.165) is 11.8 Å². The fourth-order valence-electron chi connectivity index (χ4n) is 1.86. The molecule has 0 saturated carbocycles. The lowest BCUT2D eigenvalue weighted by Crippen LogP contribution is -2.28. The van der Waals surface area contributed by atoms with Crippen LogP contribution in [0.1, 0.15) is 26.4 Å². The SMILES string of the molecule is CS/C(=N/c1c(C=O)cc(C(F)(F)F)nc1Cl)NC(=O)c1ccccc1. The molecule has 0 spiro atoms. The maximum absolute atomic E-state index is 12.8. The molecule has 0 aliphatic heterocycles. The summed E-state index contributed by atoms with van der Waals surface area (Å²) in [7, 11) is 0. The molecule has 2 rings (SSSR count). The van der Waals surface area contributed by atoms with Crippen LogP contribution >= 0.6 is 23.4 Å². The van der Waals surface area contributed by atoms with Crippen LogP contribution in [0, 0.1) is 0 Å². The second-order valence-corrected chi connectivity index (χ2v) is 5.95. The monoisotopic (exact) mass is 401 g/mol. The number of alkyl halides is 3. The van der Waals surface area contributed by atoms with Crippen LogP contribution in [0.2, 0.25) is 5.15 Å². The average molecular weight is 402 g/mol. The Morgan fingerprint density at radius 1 is 1.31 bits per heavy atom. The van der Waals surface area contributed by atoms with E-state index in [0.29, 0.717) is 11.6 Å². The molecule has 1 aromatic carbocycles. The van der Waals surface area contributed by atoms with Crippen LogP contribution in [0.5, 0.6) is 0 Å². The molecule has 5 nitrogen and oxygen atoms in total. The number of carbonyl (C=O) groups is 2. The van der Waals surface area contributed by atoms with E-state index < -0.39 is 28.5 Å². The third-order valence-electron chi connectivity index (χ3n) is 3.06. The maximum Gasteiger partial charge on any atom is 0.433 e. The van der Waals surface area contributed by atoms with E-state index in [2.05, 4.69) is 15.3 Å². The molecular weight excluding hydrogens is 391 g/mol. The van der Waals surface area contributed by atoms with Gasteiger partial charge < -0.3 is 5.32 Å². The molecule has 1 aromatic heterocycles. The molecule has 1 amide bonds. The van der Waals surface area contributed by atoms with E-state index in [1.165, 1.54) is 0 Å². The van der Waals surface area contributed by atoms with E-state index in [-0.39, 0.29) is 17.1 Å². The zero-order chi connectivity index (χ0) is 19.3. The van der Waals surface area contributed by atoms with Gasteiger partial charge in [-0.15, -0.1) is 0 Å². The summed E-state index contributed by atoms with van der Waals surface area (Å²) in [4.78, 5) is 30.5. The van der Waals surface area contributed by atoms with Gasteiger partial charge in [0.05, 0.1) is 0 Å². The van der Waals surface area contributed by atoms with Crippen molar-refractivity contribution in [2.24, 2.45) is 4.99 Å². The summed E-state index contributed by atoms with van der Waals surface area (Å²) < 4.78 is 38.3. The maximum atomic E-state index is 12.8. The van der Waals surface area contributed by atoms with Crippen molar-refractivity contribution in [3.63, 3.8) is 0 Å². The number of halogens is 4. The summed E-state index contributed by atoms with van der Waals surface area (Å²) in [6.45, 7) is 0. The highest BCUT2D eigenvalue weighted by atomic mass is 35.5. The van der Waals surface area contributed by atoms with Crippen LogP contribution in [-0.4, -0.2) is 28.6 Å². The van der Waals surface area contributed by atoms with Gasteiger partial charge in [0, 0.05) is 11.1 Å². The minimum absolute atomic E-state index is 0.0467. The van der Waals surface area contributed by atoms with Crippen LogP contribution in [0.15, 0.2) is 41.4 Å². The zero-order valence-electron chi connectivity index (χ0n) is 13.2. The molecule has 0 aliphatic rings. The van der Waals surface area contributed by atoms with E-state index in [1.54, 1.807) is 36.6 Å². The highest BCUT2D eigenvalue weighted by Crippen LogP contribution is 2.34. The Kier molecular flexibility index (Phi) is 6.38. The molecule has 0 radical (unpaired) electrons. The van der Waals surface area contributed by atoms with Gasteiger partial charge in [-0.1, -0.05) is 41.6 Å². The summed E-state index contributed by atoms with van der Waals surface area (Å²) >= 11 is 6.79. The number of carbonyl (C=O) groups excluding carboxylic acids is 2. The van der Waals surface area contributed by atoms with Crippen molar-refractivity contribution in [1.82, 2.24) is 10.3 Å². The smallest absolute Gasteiger partial charge is 0.301 e. The minimum atomic E-state index is -4.76. The number of hydrogen-bond acceptors (Lipinski definition) is 5. The van der Waals surface area contributed by atoms with Crippen LogP contribution < -0.4 is 5.32 Å². The first-order valence-electron chi connectivity index (χ1n) is 6.98. The highest BCUT2D eigenvalue weighted by molar-refractivity contribution is 8.13. The van der Waals surface area contributed by atoms with Crippen LogP contribution in [-0.2, 0) is 6.18 Å². The standard InChI is InChI=1S/C16H11ClF3N3O2S/c1-26-15(23-14(25)9-5-3-2-4-6-9)22-12-10(8-24)7-11(16(18,19)20)21-13(12)17/h2-8H,1H3,(H,22,23,25). The first-order chi connectivity index (χ1) is 12.3. The lowest BCUT2D eigenvalue weighted by atomic mass is 10.2. The molecule has 0 fully saturated rings. The van der Waals surface area contributed by atoms with Gasteiger partial charge in [-0.25, -0.2) is 9.98 Å². The number of hydrogen-bond donors (Lipinski definition) is 1. The minimum Gasteiger partial charge on any atom is -0.301 e. The lowest BCUT2D eigenvalue weighted by Gasteiger charge is -2.11. The summed E-state index contributed by atoms with van der Waals surface area (Å²) in [5, 5.41) is 1.96. The van der Waals surface area contributed by atoms with Crippen molar-refractivity contribution >= 4 is 46.4 Å². The Morgan fingerprint density at radius 2 is 1.96 bits per heavy atom. The number of amidine groups is 1. The second kappa shape index (κ2) is 8.33. The Labute approximate surface area is 155 Å². The van der Waals surface area contributed by atoms with E-state index in [9.17, 15) is 22.8 Å². The zero-order valence-corrected chi connectivity index (χ0v) is 14.7. The topological polar surface area (TPSA) is 71.4 Å². The number of thioether (sulfide) groups is 1. The molecule has 0 aliphatic carbocycles. The van der Waals surface area contributed by atoms with Crippen molar-refractivity contribution in [3.8, 4) is 0 Å². The molecule has 1 N–H and O–H groups in total. The summed E-state index contributed by atoms with van der Waals surface area (Å²) in [6, 6.07) is 8.80. The number of nitrogens with one attached hydrogen (secondary N) is 1. The first-order valence-corrected chi connectivity index (χ1v) is 8.58. The molecular formula is C16H11ClF3N3O2S. The van der Waals surface area contributed by atoms with Crippen molar-refractivity contribution in [1.29, 1.82) is 0 Å². The number of pyridine rings is 1. The molecule has 0 saturated heterocycles. The fourth-order valence-corrected chi connectivity index (χ4v) is 2.48. The molecule has 0 unspecified atom stereocenters. The third-order valence-corrected chi connectivity index (χ3v) is 3.90. The lowest BCUT2D eigenvalue weighted by molar-refractivity contribution is -0.141. The van der Waals surface area contributed by atoms with Crippen LogP contribution in [0.3, 0.4) is 0 Å². The van der Waals surface area contributed by atoms with Gasteiger partial charge in [0.25, 0.3) is 5.91 Å². The molecule has 0 atom stereocenters. The van der Waals surface area contributed by atoms with Gasteiger partial charge in [0.15, 0.2) is 16.6 Å². The Hall–Kier alpha value is -2.39. The molecule has 26 heavy (non-hydrogen) atoms. The second-order valence-electron chi connectivity index (χ2n) is 4.79. The van der Waals surface area contributed by atoms with Crippen molar-refractivity contribution < 1.29 is 22.8 Å². The van der Waals surface area contributed by atoms with Gasteiger partial charge in [-0.05, 0) is 24.5 Å². The van der Waals surface area contributed by atoms with Gasteiger partial charge in [0.2, 0.25) is 0 Å². The van der Waals surface area contributed by atoms with Crippen LogP contribution in [0.4, 0.5) is 18.9 Å². The number of rotatable bonds is 3. The summed E-state index contributed by atoms with van der Waals surface area (Å²) in [5.41, 5.74) is -1.59. The molecule has 1 heterocycles. The van der Waals surface area contributed by atoms with E-state index >= 15 is 0 Å². The Morgan fingerprint density at radius 3 is 2.50 bits per heavy atom. The summed E-state index contributed by atoms with van der Waals surface area (Å²) in [6.07, 6.45) is -2.97. The van der Waals surface area contributed by atoms with Gasteiger partial charge in [-0.2, -0.15) is 13.2 Å². The highest BCUT2D eigenvalue weighted by Gasteiger charge is 2.34. The largest absolute Gasteiger partial charge is 0.433 e. The number of aldehydes is 1. The van der Waals surface area contributed by atoms with Gasteiger partial charge in [0.1, 0.15) is 11.4 Å². The average Bonchev–Trinajstić information content (AvgIpc) is 2.61. The number of benzene rings is 1. The molecule has 2 aromatic rings. The van der Waals surface area contributed by atoms with Gasteiger partial charge >= 0.3 is 6.18 Å². The molecule has 0 bridgehead atoms. The Bertz CT molecular complexity index is 858. The predicted octanol–water partition coefficient (Wildman–Crippen LogP) is 4.35. The molecule has 10 heteroatoms. The quantitative estimate of drug-likeness (QED) is 0.359. The Balaban J connectivity index is 2.39. The van der Waals surface area contributed by atoms with Crippen molar-refractivity contribution in [2.75, 3.05) is 6.26 Å². The fraction of sp³-hybridized carbons (Fsp3) is 0.125. The summed E-state index contributed by atoms with van der Waals surface area (Å²) in [5.74, 6) is -0.470. The predicted molar refractivity (Wildman–Crippen MR) is 94.2 cm³/mol. The number of aromatic nitrogens is 1. The van der Waals surface area contributed by atoms with Crippen molar-refractivity contribution in [2.45, 2.75) is 6.18 Å². The number of aliphatic imine (C=N–C) groups is 1. The normalized spacial score (nSPS) is 12.0. The van der Waals surface area contributed by atoms with Crippen molar-refractivity contribution in [3.05, 3.63) is 58.4 Å².